The van der Waals surface area contributed by atoms with Crippen molar-refractivity contribution in [3.63, 3.8) is 0 Å². The van der Waals surface area contributed by atoms with Crippen molar-refractivity contribution in [3.05, 3.63) is 48.6 Å². The van der Waals surface area contributed by atoms with E-state index in [9.17, 15) is 9.59 Å². The molecular formula is C12H13NO3. The third-order valence-corrected chi connectivity index (χ3v) is 2.01. The van der Waals surface area contributed by atoms with E-state index in [-0.39, 0.29) is 12.3 Å². The van der Waals surface area contributed by atoms with Crippen LogP contribution in [0.1, 0.15) is 18.0 Å². The van der Waals surface area contributed by atoms with E-state index in [2.05, 4.69) is 11.9 Å². The Balaban J connectivity index is 2.80. The van der Waals surface area contributed by atoms with Gasteiger partial charge in [-0.2, -0.15) is 0 Å². The monoisotopic (exact) mass is 219 g/mol. The van der Waals surface area contributed by atoms with E-state index in [1.165, 1.54) is 6.08 Å². The van der Waals surface area contributed by atoms with Crippen molar-refractivity contribution in [2.24, 2.45) is 0 Å². The molecule has 1 unspecified atom stereocenters. The molecule has 1 atom stereocenters. The third-order valence-electron chi connectivity index (χ3n) is 2.01. The van der Waals surface area contributed by atoms with Gasteiger partial charge in [0.1, 0.15) is 0 Å². The minimum Gasteiger partial charge on any atom is -0.479 e. The van der Waals surface area contributed by atoms with E-state index >= 15 is 0 Å². The maximum atomic E-state index is 11.3. The summed E-state index contributed by atoms with van der Waals surface area (Å²) in [6.07, 6.45) is 1.54. The summed E-state index contributed by atoms with van der Waals surface area (Å²) < 4.78 is 0. The molecule has 0 aliphatic heterocycles. The van der Waals surface area contributed by atoms with Gasteiger partial charge in [-0.05, 0) is 5.56 Å². The van der Waals surface area contributed by atoms with Crippen LogP contribution < -0.4 is 5.32 Å². The fourth-order valence-corrected chi connectivity index (χ4v) is 1.28. The van der Waals surface area contributed by atoms with Crippen LogP contribution in [0.4, 0.5) is 0 Å². The lowest BCUT2D eigenvalue weighted by Gasteiger charge is -2.14. The van der Waals surface area contributed by atoms with Gasteiger partial charge in [0.15, 0.2) is 6.04 Å². The van der Waals surface area contributed by atoms with Gasteiger partial charge in [-0.1, -0.05) is 36.4 Å². The van der Waals surface area contributed by atoms with Crippen molar-refractivity contribution in [2.45, 2.75) is 12.5 Å². The molecule has 1 amide bonds. The standard InChI is InChI=1S/C12H13NO3/c1-2-6-10(14)13-11(12(15)16)9-7-4-3-5-8-9/h2-5,7-8,11H,1,6H2,(H,13,14)(H,15,16). The molecule has 2 N–H and O–H groups in total. The van der Waals surface area contributed by atoms with Crippen molar-refractivity contribution in [3.8, 4) is 0 Å². The van der Waals surface area contributed by atoms with Crippen LogP contribution in [0.2, 0.25) is 0 Å². The van der Waals surface area contributed by atoms with Crippen LogP contribution in [0.15, 0.2) is 43.0 Å². The molecule has 1 rings (SSSR count). The molecule has 0 spiro atoms. The van der Waals surface area contributed by atoms with Crippen LogP contribution in [0.5, 0.6) is 0 Å². The molecule has 0 saturated heterocycles. The van der Waals surface area contributed by atoms with Crippen LogP contribution in [0.3, 0.4) is 0 Å². The summed E-state index contributed by atoms with van der Waals surface area (Å²) in [5, 5.41) is 11.4. The second-order valence-corrected chi connectivity index (χ2v) is 3.24. The first-order chi connectivity index (χ1) is 7.65. The second kappa shape index (κ2) is 5.70. The Morgan fingerprint density at radius 1 is 1.38 bits per heavy atom. The second-order valence-electron chi connectivity index (χ2n) is 3.24. The highest BCUT2D eigenvalue weighted by molar-refractivity contribution is 5.85. The molecule has 0 aliphatic carbocycles. The van der Waals surface area contributed by atoms with Crippen molar-refractivity contribution in [1.82, 2.24) is 5.32 Å². The van der Waals surface area contributed by atoms with E-state index in [4.69, 9.17) is 5.11 Å². The molecule has 0 saturated carbocycles. The largest absolute Gasteiger partial charge is 0.479 e. The first-order valence-electron chi connectivity index (χ1n) is 4.83. The van der Waals surface area contributed by atoms with E-state index < -0.39 is 12.0 Å². The van der Waals surface area contributed by atoms with Crippen molar-refractivity contribution in [2.75, 3.05) is 0 Å². The SMILES string of the molecule is C=CCC(=O)NC(C(=O)O)c1ccccc1. The Kier molecular flexibility index (Phi) is 4.27. The van der Waals surface area contributed by atoms with Gasteiger partial charge < -0.3 is 10.4 Å². The lowest BCUT2D eigenvalue weighted by molar-refractivity contribution is -0.141. The molecule has 0 fully saturated rings. The van der Waals surface area contributed by atoms with Gasteiger partial charge in [0, 0.05) is 6.42 Å². The highest BCUT2D eigenvalue weighted by Gasteiger charge is 2.20. The quantitative estimate of drug-likeness (QED) is 0.737. The fourth-order valence-electron chi connectivity index (χ4n) is 1.28. The average Bonchev–Trinajstić information content (AvgIpc) is 2.27. The van der Waals surface area contributed by atoms with Crippen LogP contribution >= 0.6 is 0 Å². The Morgan fingerprint density at radius 3 is 2.50 bits per heavy atom. The van der Waals surface area contributed by atoms with Crippen molar-refractivity contribution in [1.29, 1.82) is 0 Å². The maximum Gasteiger partial charge on any atom is 0.330 e. The van der Waals surface area contributed by atoms with Gasteiger partial charge in [0.25, 0.3) is 0 Å². The molecule has 0 aromatic heterocycles. The predicted molar refractivity (Wildman–Crippen MR) is 59.8 cm³/mol. The normalized spacial score (nSPS) is 11.5. The number of rotatable bonds is 5. The lowest BCUT2D eigenvalue weighted by atomic mass is 10.1. The number of carbonyl (C=O) groups excluding carboxylic acids is 1. The predicted octanol–water partition coefficient (Wildman–Crippen LogP) is 1.50. The zero-order valence-corrected chi connectivity index (χ0v) is 8.72. The van der Waals surface area contributed by atoms with Crippen molar-refractivity contribution < 1.29 is 14.7 Å². The number of hydrogen-bond acceptors (Lipinski definition) is 2. The summed E-state index contributed by atoms with van der Waals surface area (Å²) in [4.78, 5) is 22.3. The van der Waals surface area contributed by atoms with Gasteiger partial charge in [0.05, 0.1) is 0 Å². The van der Waals surface area contributed by atoms with E-state index in [1.807, 2.05) is 0 Å². The summed E-state index contributed by atoms with van der Waals surface area (Å²) in [6.45, 7) is 3.42. The van der Waals surface area contributed by atoms with Gasteiger partial charge >= 0.3 is 5.97 Å². The minimum absolute atomic E-state index is 0.108. The number of aliphatic carboxylic acids is 1. The molecule has 4 heteroatoms. The molecule has 0 aliphatic rings. The highest BCUT2D eigenvalue weighted by Crippen LogP contribution is 2.12. The van der Waals surface area contributed by atoms with Gasteiger partial charge in [0.2, 0.25) is 5.91 Å². The summed E-state index contributed by atoms with van der Waals surface area (Å²) in [5.41, 5.74) is 0.549. The maximum absolute atomic E-state index is 11.3. The lowest BCUT2D eigenvalue weighted by Crippen LogP contribution is -2.33. The van der Waals surface area contributed by atoms with E-state index in [1.54, 1.807) is 30.3 Å². The molecule has 4 nitrogen and oxygen atoms in total. The summed E-state index contributed by atoms with van der Waals surface area (Å²) >= 11 is 0. The number of carbonyl (C=O) groups is 2. The molecule has 16 heavy (non-hydrogen) atoms. The zero-order chi connectivity index (χ0) is 12.0. The van der Waals surface area contributed by atoms with Gasteiger partial charge in [-0.15, -0.1) is 6.58 Å². The number of amides is 1. The smallest absolute Gasteiger partial charge is 0.330 e. The summed E-state index contributed by atoms with van der Waals surface area (Å²) in [5.74, 6) is -1.44. The fraction of sp³-hybridized carbons (Fsp3) is 0.167. The first kappa shape index (κ1) is 12.0. The number of nitrogens with one attached hydrogen (secondary N) is 1. The molecule has 84 valence electrons. The number of carboxylic acid groups (broad SMARTS) is 1. The topological polar surface area (TPSA) is 66.4 Å². The molecule has 0 radical (unpaired) electrons. The zero-order valence-electron chi connectivity index (χ0n) is 8.72. The Morgan fingerprint density at radius 2 is 2.00 bits per heavy atom. The minimum atomic E-state index is -1.08. The van der Waals surface area contributed by atoms with Gasteiger partial charge in [-0.3, -0.25) is 4.79 Å². The Hall–Kier alpha value is -2.10. The average molecular weight is 219 g/mol. The van der Waals surface area contributed by atoms with Crippen LogP contribution in [-0.4, -0.2) is 17.0 Å². The van der Waals surface area contributed by atoms with Crippen LogP contribution in [0.25, 0.3) is 0 Å². The molecule has 1 aromatic carbocycles. The molecular weight excluding hydrogens is 206 g/mol. The molecule has 0 heterocycles. The summed E-state index contributed by atoms with van der Waals surface area (Å²) in [6, 6.07) is 7.55. The van der Waals surface area contributed by atoms with E-state index in [0.717, 1.165) is 0 Å². The van der Waals surface area contributed by atoms with Crippen LogP contribution in [0, 0.1) is 0 Å². The number of hydrogen-bond donors (Lipinski definition) is 2. The molecule has 0 bridgehead atoms. The van der Waals surface area contributed by atoms with E-state index in [0.29, 0.717) is 5.56 Å². The first-order valence-corrected chi connectivity index (χ1v) is 4.83. The Bertz CT molecular complexity index is 387. The Labute approximate surface area is 93.6 Å². The number of benzene rings is 1. The number of carboxylic acids is 1. The van der Waals surface area contributed by atoms with Crippen molar-refractivity contribution >= 4 is 11.9 Å². The summed E-state index contributed by atoms with van der Waals surface area (Å²) in [7, 11) is 0. The van der Waals surface area contributed by atoms with Crippen LogP contribution in [-0.2, 0) is 9.59 Å². The third kappa shape index (κ3) is 3.24. The molecule has 1 aromatic rings. The van der Waals surface area contributed by atoms with Gasteiger partial charge in [-0.25, -0.2) is 4.79 Å². The highest BCUT2D eigenvalue weighted by atomic mass is 16.4.